The lowest BCUT2D eigenvalue weighted by molar-refractivity contribution is 0.102. The molecule has 5 nitrogen and oxygen atoms in total. The minimum Gasteiger partial charge on any atom is -0.322 e. The highest BCUT2D eigenvalue weighted by molar-refractivity contribution is 9.10. The minimum absolute atomic E-state index is 0.226. The zero-order valence-electron chi connectivity index (χ0n) is 11.0. The van der Waals surface area contributed by atoms with E-state index in [9.17, 15) is 13.2 Å². The number of carbonyl (C=O) groups is 1. The second-order valence-electron chi connectivity index (χ2n) is 4.42. The van der Waals surface area contributed by atoms with Crippen molar-refractivity contribution in [3.8, 4) is 0 Å². The molecule has 0 aliphatic rings. The molecule has 0 atom stereocenters. The van der Waals surface area contributed by atoms with Crippen LogP contribution < -0.4 is 5.32 Å². The van der Waals surface area contributed by atoms with Crippen molar-refractivity contribution >= 4 is 37.6 Å². The quantitative estimate of drug-likeness (QED) is 0.813. The zero-order chi connectivity index (χ0) is 15.6. The van der Waals surface area contributed by atoms with Crippen LogP contribution in [-0.2, 0) is 10.1 Å². The third-order valence-electron chi connectivity index (χ3n) is 2.83. The normalized spacial score (nSPS) is 11.2. The molecule has 0 aliphatic carbocycles. The van der Waals surface area contributed by atoms with Crippen LogP contribution in [0, 0.1) is 6.92 Å². The predicted molar refractivity (Wildman–Crippen MR) is 83.1 cm³/mol. The Hall–Kier alpha value is -1.70. The molecule has 110 valence electrons. The molecule has 2 aromatic carbocycles. The maximum absolute atomic E-state index is 12.0. The van der Waals surface area contributed by atoms with Gasteiger partial charge in [0.2, 0.25) is 0 Å². The van der Waals surface area contributed by atoms with Crippen molar-refractivity contribution in [3.05, 3.63) is 58.1 Å². The number of nitrogens with one attached hydrogen (secondary N) is 1. The molecule has 21 heavy (non-hydrogen) atoms. The number of aryl methyl sites for hydroxylation is 1. The van der Waals surface area contributed by atoms with Crippen LogP contribution in [0.4, 0.5) is 5.69 Å². The van der Waals surface area contributed by atoms with E-state index in [1.807, 2.05) is 0 Å². The number of hydrogen-bond donors (Lipinski definition) is 2. The van der Waals surface area contributed by atoms with Gasteiger partial charge in [0, 0.05) is 15.7 Å². The van der Waals surface area contributed by atoms with Crippen molar-refractivity contribution in [2.75, 3.05) is 5.32 Å². The average molecular weight is 370 g/mol. The van der Waals surface area contributed by atoms with Crippen LogP contribution in [0.15, 0.2) is 51.8 Å². The molecule has 0 radical (unpaired) electrons. The standard InChI is InChI=1S/C14H12BrNO4S/c1-9-2-7-12(8-13(9)21(18,19)20)16-14(17)10-3-5-11(15)6-4-10/h2-8H,1H3,(H,16,17)(H,18,19,20). The second kappa shape index (κ2) is 5.97. The molecule has 2 aromatic rings. The van der Waals surface area contributed by atoms with Crippen LogP contribution in [-0.4, -0.2) is 18.9 Å². The lowest BCUT2D eigenvalue weighted by atomic mass is 10.2. The van der Waals surface area contributed by atoms with E-state index < -0.39 is 10.1 Å². The van der Waals surface area contributed by atoms with Crippen molar-refractivity contribution in [2.24, 2.45) is 0 Å². The molecule has 0 bridgehead atoms. The van der Waals surface area contributed by atoms with Gasteiger partial charge in [0.15, 0.2) is 0 Å². The molecule has 0 saturated heterocycles. The minimum atomic E-state index is -4.32. The first-order valence-electron chi connectivity index (χ1n) is 5.92. The molecule has 2 rings (SSSR count). The van der Waals surface area contributed by atoms with E-state index in [1.54, 1.807) is 37.3 Å². The predicted octanol–water partition coefficient (Wildman–Crippen LogP) is 3.26. The van der Waals surface area contributed by atoms with Crippen molar-refractivity contribution in [3.63, 3.8) is 0 Å². The number of halogens is 1. The summed E-state index contributed by atoms with van der Waals surface area (Å²) in [6, 6.07) is 11.0. The summed E-state index contributed by atoms with van der Waals surface area (Å²) in [6.45, 7) is 1.56. The van der Waals surface area contributed by atoms with Gasteiger partial charge in [-0.3, -0.25) is 9.35 Å². The van der Waals surface area contributed by atoms with E-state index in [0.29, 0.717) is 16.8 Å². The Kier molecular flexibility index (Phi) is 4.46. The lowest BCUT2D eigenvalue weighted by Gasteiger charge is -2.08. The van der Waals surface area contributed by atoms with E-state index in [1.165, 1.54) is 12.1 Å². The largest absolute Gasteiger partial charge is 0.322 e. The van der Waals surface area contributed by atoms with Crippen LogP contribution in [0.5, 0.6) is 0 Å². The first-order chi connectivity index (χ1) is 9.77. The summed E-state index contributed by atoms with van der Waals surface area (Å²) in [6.07, 6.45) is 0. The van der Waals surface area contributed by atoms with Crippen LogP contribution in [0.25, 0.3) is 0 Å². The molecule has 0 spiro atoms. The van der Waals surface area contributed by atoms with Gasteiger partial charge in [-0.2, -0.15) is 8.42 Å². The summed E-state index contributed by atoms with van der Waals surface area (Å²) in [5, 5.41) is 2.59. The maximum atomic E-state index is 12.0. The summed E-state index contributed by atoms with van der Waals surface area (Å²) in [5.74, 6) is -0.368. The van der Waals surface area contributed by atoms with Crippen molar-refractivity contribution in [1.82, 2.24) is 0 Å². The summed E-state index contributed by atoms with van der Waals surface area (Å²) >= 11 is 3.27. The Balaban J connectivity index is 2.28. The van der Waals surface area contributed by atoms with Gasteiger partial charge in [-0.05, 0) is 48.9 Å². The second-order valence-corrected chi connectivity index (χ2v) is 6.72. The molecule has 0 fully saturated rings. The monoisotopic (exact) mass is 369 g/mol. The van der Waals surface area contributed by atoms with Crippen LogP contribution in [0.3, 0.4) is 0 Å². The number of carbonyl (C=O) groups excluding carboxylic acids is 1. The molecule has 2 N–H and O–H groups in total. The van der Waals surface area contributed by atoms with Crippen molar-refractivity contribution < 1.29 is 17.8 Å². The third kappa shape index (κ3) is 3.90. The molecule has 0 saturated carbocycles. The smallest absolute Gasteiger partial charge is 0.294 e. The summed E-state index contributed by atoms with van der Waals surface area (Å²) in [5.41, 5.74) is 1.13. The topological polar surface area (TPSA) is 83.5 Å². The van der Waals surface area contributed by atoms with Gasteiger partial charge in [0.1, 0.15) is 0 Å². The van der Waals surface area contributed by atoms with Gasteiger partial charge in [0.25, 0.3) is 16.0 Å². The fraction of sp³-hybridized carbons (Fsp3) is 0.0714. The van der Waals surface area contributed by atoms with E-state index in [-0.39, 0.29) is 10.8 Å². The molecule has 1 amide bonds. The Bertz CT molecular complexity index is 785. The first kappa shape index (κ1) is 15.7. The average Bonchev–Trinajstić information content (AvgIpc) is 2.40. The Morgan fingerprint density at radius 3 is 2.33 bits per heavy atom. The van der Waals surface area contributed by atoms with Crippen LogP contribution in [0.1, 0.15) is 15.9 Å². The Morgan fingerprint density at radius 1 is 1.14 bits per heavy atom. The molecule has 0 unspecified atom stereocenters. The van der Waals surface area contributed by atoms with E-state index in [0.717, 1.165) is 4.47 Å². The molecule has 0 aliphatic heterocycles. The Morgan fingerprint density at radius 2 is 1.76 bits per heavy atom. The number of rotatable bonds is 3. The van der Waals surface area contributed by atoms with Gasteiger partial charge < -0.3 is 5.32 Å². The summed E-state index contributed by atoms with van der Waals surface area (Å²) in [7, 11) is -4.32. The van der Waals surface area contributed by atoms with Crippen LogP contribution in [0.2, 0.25) is 0 Å². The highest BCUT2D eigenvalue weighted by atomic mass is 79.9. The molecular formula is C14H12BrNO4S. The fourth-order valence-electron chi connectivity index (χ4n) is 1.76. The lowest BCUT2D eigenvalue weighted by Crippen LogP contribution is -2.12. The maximum Gasteiger partial charge on any atom is 0.294 e. The molecular weight excluding hydrogens is 358 g/mol. The molecule has 0 heterocycles. The van der Waals surface area contributed by atoms with Gasteiger partial charge in [-0.25, -0.2) is 0 Å². The number of anilines is 1. The molecule has 0 aromatic heterocycles. The summed E-state index contributed by atoms with van der Waals surface area (Å²) < 4.78 is 32.5. The highest BCUT2D eigenvalue weighted by Crippen LogP contribution is 2.20. The van der Waals surface area contributed by atoms with Crippen molar-refractivity contribution in [1.29, 1.82) is 0 Å². The zero-order valence-corrected chi connectivity index (χ0v) is 13.4. The van der Waals surface area contributed by atoms with E-state index in [2.05, 4.69) is 21.2 Å². The van der Waals surface area contributed by atoms with Crippen LogP contribution >= 0.6 is 15.9 Å². The van der Waals surface area contributed by atoms with Gasteiger partial charge in [-0.1, -0.05) is 22.0 Å². The van der Waals surface area contributed by atoms with Gasteiger partial charge in [-0.15, -0.1) is 0 Å². The Labute approximate surface area is 130 Å². The first-order valence-corrected chi connectivity index (χ1v) is 8.16. The van der Waals surface area contributed by atoms with E-state index >= 15 is 0 Å². The van der Waals surface area contributed by atoms with E-state index in [4.69, 9.17) is 4.55 Å². The summed E-state index contributed by atoms with van der Waals surface area (Å²) in [4.78, 5) is 11.8. The SMILES string of the molecule is Cc1ccc(NC(=O)c2ccc(Br)cc2)cc1S(=O)(=O)O. The number of hydrogen-bond acceptors (Lipinski definition) is 3. The number of benzene rings is 2. The van der Waals surface area contributed by atoms with Crippen molar-refractivity contribution in [2.45, 2.75) is 11.8 Å². The van der Waals surface area contributed by atoms with Gasteiger partial charge >= 0.3 is 0 Å². The third-order valence-corrected chi connectivity index (χ3v) is 4.35. The fourth-order valence-corrected chi connectivity index (χ4v) is 2.78. The molecule has 7 heteroatoms. The van der Waals surface area contributed by atoms with Gasteiger partial charge in [0.05, 0.1) is 4.90 Å². The number of amides is 1. The highest BCUT2D eigenvalue weighted by Gasteiger charge is 2.15.